The molecule has 0 aromatic heterocycles. The van der Waals surface area contributed by atoms with Crippen LogP contribution in [0.5, 0.6) is 0 Å². The summed E-state index contributed by atoms with van der Waals surface area (Å²) >= 11 is 11.8. The highest BCUT2D eigenvalue weighted by atomic mass is 35.5. The van der Waals surface area contributed by atoms with Gasteiger partial charge in [0.25, 0.3) is 0 Å². The first-order chi connectivity index (χ1) is 7.47. The van der Waals surface area contributed by atoms with Crippen LogP contribution in [0.15, 0.2) is 12.1 Å². The Labute approximate surface area is 106 Å². The van der Waals surface area contributed by atoms with Crippen LogP contribution in [0.2, 0.25) is 10.0 Å². The van der Waals surface area contributed by atoms with Gasteiger partial charge in [0.05, 0.1) is 15.7 Å². The molecule has 16 heavy (non-hydrogen) atoms. The minimum absolute atomic E-state index is 0.0132. The van der Waals surface area contributed by atoms with Crippen LogP contribution < -0.4 is 5.73 Å². The maximum absolute atomic E-state index is 12.0. The van der Waals surface area contributed by atoms with E-state index in [1.54, 1.807) is 12.1 Å². The summed E-state index contributed by atoms with van der Waals surface area (Å²) in [6, 6.07) is 3.16. The zero-order valence-corrected chi connectivity index (χ0v) is 10.9. The van der Waals surface area contributed by atoms with Crippen LogP contribution in [0, 0.1) is 5.92 Å². The van der Waals surface area contributed by atoms with Crippen LogP contribution in [-0.4, -0.2) is 5.78 Å². The van der Waals surface area contributed by atoms with Crippen molar-refractivity contribution in [3.8, 4) is 0 Å². The second-order valence-corrected chi connectivity index (χ2v) is 4.72. The van der Waals surface area contributed by atoms with Gasteiger partial charge in [0.1, 0.15) is 0 Å². The highest BCUT2D eigenvalue weighted by Gasteiger charge is 2.16. The molecule has 0 aliphatic rings. The molecule has 1 atom stereocenters. The topological polar surface area (TPSA) is 43.1 Å². The number of Topliss-reactive ketones (excluding diaryl/α,β-unsaturated/α-hetero) is 1. The van der Waals surface area contributed by atoms with Crippen molar-refractivity contribution in [1.82, 2.24) is 0 Å². The van der Waals surface area contributed by atoms with Crippen molar-refractivity contribution in [2.75, 3.05) is 5.73 Å². The van der Waals surface area contributed by atoms with E-state index in [4.69, 9.17) is 28.9 Å². The number of rotatable bonds is 4. The number of ketones is 1. The zero-order chi connectivity index (χ0) is 12.3. The molecule has 0 saturated heterocycles. The summed E-state index contributed by atoms with van der Waals surface area (Å²) in [5.41, 5.74) is 6.47. The van der Waals surface area contributed by atoms with Crippen LogP contribution in [0.4, 0.5) is 5.69 Å². The third-order valence-electron chi connectivity index (χ3n) is 2.53. The maximum atomic E-state index is 12.0. The minimum Gasteiger partial charge on any atom is -0.396 e. The molecule has 2 nitrogen and oxygen atoms in total. The molecule has 0 amide bonds. The van der Waals surface area contributed by atoms with Crippen molar-refractivity contribution < 1.29 is 4.79 Å². The summed E-state index contributed by atoms with van der Waals surface area (Å²) in [6.07, 6.45) is 1.84. The Morgan fingerprint density at radius 3 is 2.31 bits per heavy atom. The molecule has 1 rings (SSSR count). The third kappa shape index (κ3) is 2.89. The number of carbonyl (C=O) groups excluding carboxylic acids is 1. The van der Waals surface area contributed by atoms with Crippen molar-refractivity contribution in [2.24, 2.45) is 5.92 Å². The molecule has 1 unspecified atom stereocenters. The summed E-state index contributed by atoms with van der Waals surface area (Å²) in [5.74, 6) is 0.0476. The number of halogens is 2. The predicted octanol–water partition coefficient (Wildman–Crippen LogP) is 4.19. The molecule has 0 spiro atoms. The van der Waals surface area contributed by atoms with E-state index in [-0.39, 0.29) is 11.7 Å². The molecule has 0 radical (unpaired) electrons. The van der Waals surface area contributed by atoms with E-state index >= 15 is 0 Å². The number of nitrogens with two attached hydrogens (primary N) is 1. The first-order valence-electron chi connectivity index (χ1n) is 5.26. The molecule has 1 aromatic carbocycles. The highest BCUT2D eigenvalue weighted by Crippen LogP contribution is 2.30. The zero-order valence-electron chi connectivity index (χ0n) is 9.39. The highest BCUT2D eigenvalue weighted by molar-refractivity contribution is 6.39. The molecular weight excluding hydrogens is 245 g/mol. The first-order valence-corrected chi connectivity index (χ1v) is 6.01. The number of hydrogen-bond donors (Lipinski definition) is 1. The lowest BCUT2D eigenvalue weighted by Gasteiger charge is -2.10. The molecule has 0 bridgehead atoms. The number of carbonyl (C=O) groups is 1. The first kappa shape index (κ1) is 13.3. The lowest BCUT2D eigenvalue weighted by molar-refractivity contribution is 0.0923. The molecule has 0 saturated carbocycles. The van der Waals surface area contributed by atoms with E-state index < -0.39 is 0 Å². The number of hydrogen-bond acceptors (Lipinski definition) is 2. The van der Waals surface area contributed by atoms with Gasteiger partial charge in [0, 0.05) is 11.5 Å². The molecular formula is C12H15Cl2NO. The third-order valence-corrected chi connectivity index (χ3v) is 3.16. The molecule has 88 valence electrons. The normalized spacial score (nSPS) is 12.5. The van der Waals surface area contributed by atoms with Crippen molar-refractivity contribution in [3.63, 3.8) is 0 Å². The van der Waals surface area contributed by atoms with Gasteiger partial charge in [-0.25, -0.2) is 0 Å². The van der Waals surface area contributed by atoms with Crippen molar-refractivity contribution in [3.05, 3.63) is 27.7 Å². The maximum Gasteiger partial charge on any atom is 0.165 e. The van der Waals surface area contributed by atoms with Crippen LogP contribution in [0.3, 0.4) is 0 Å². The van der Waals surface area contributed by atoms with Gasteiger partial charge in [-0.15, -0.1) is 0 Å². The van der Waals surface area contributed by atoms with Gasteiger partial charge >= 0.3 is 0 Å². The van der Waals surface area contributed by atoms with Gasteiger partial charge in [0.2, 0.25) is 0 Å². The molecule has 4 heteroatoms. The van der Waals surface area contributed by atoms with Crippen LogP contribution in [0.25, 0.3) is 0 Å². The van der Waals surface area contributed by atoms with E-state index in [1.807, 2.05) is 13.8 Å². The molecule has 0 aliphatic heterocycles. The van der Waals surface area contributed by atoms with Crippen LogP contribution in [0.1, 0.15) is 37.0 Å². The Balaban J connectivity index is 3.01. The SMILES string of the molecule is CCCC(C)C(=O)c1cc(Cl)c(N)c(Cl)c1. The average molecular weight is 260 g/mol. The Morgan fingerprint density at radius 2 is 1.88 bits per heavy atom. The lowest BCUT2D eigenvalue weighted by atomic mass is 9.95. The monoisotopic (exact) mass is 259 g/mol. The Morgan fingerprint density at radius 1 is 1.38 bits per heavy atom. The fourth-order valence-corrected chi connectivity index (χ4v) is 2.06. The largest absolute Gasteiger partial charge is 0.396 e. The van der Waals surface area contributed by atoms with Crippen molar-refractivity contribution >= 4 is 34.7 Å². The summed E-state index contributed by atoms with van der Waals surface area (Å²) in [4.78, 5) is 12.0. The molecule has 0 aliphatic carbocycles. The summed E-state index contributed by atoms with van der Waals surface area (Å²) in [6.45, 7) is 3.96. The Bertz CT molecular complexity index is 381. The van der Waals surface area contributed by atoms with Gasteiger partial charge in [-0.3, -0.25) is 4.79 Å². The lowest BCUT2D eigenvalue weighted by Crippen LogP contribution is -2.11. The molecule has 2 N–H and O–H groups in total. The summed E-state index contributed by atoms with van der Waals surface area (Å²) < 4.78 is 0. The quantitative estimate of drug-likeness (QED) is 0.651. The fraction of sp³-hybridized carbons (Fsp3) is 0.417. The number of nitrogen functional groups attached to an aromatic ring is 1. The predicted molar refractivity (Wildman–Crippen MR) is 69.3 cm³/mol. The average Bonchev–Trinajstić information content (AvgIpc) is 2.24. The second kappa shape index (κ2) is 5.55. The van der Waals surface area contributed by atoms with E-state index in [9.17, 15) is 4.79 Å². The van der Waals surface area contributed by atoms with Crippen molar-refractivity contribution in [2.45, 2.75) is 26.7 Å². The van der Waals surface area contributed by atoms with Crippen molar-refractivity contribution in [1.29, 1.82) is 0 Å². The van der Waals surface area contributed by atoms with Gasteiger partial charge in [-0.1, -0.05) is 43.5 Å². The summed E-state index contributed by atoms with van der Waals surface area (Å²) in [5, 5.41) is 0.666. The Kier molecular flexibility index (Phi) is 4.63. The number of anilines is 1. The van der Waals surface area contributed by atoms with Gasteiger partial charge < -0.3 is 5.73 Å². The van der Waals surface area contributed by atoms with E-state index in [2.05, 4.69) is 0 Å². The Hall–Kier alpha value is -0.730. The number of benzene rings is 1. The van der Waals surface area contributed by atoms with E-state index in [1.165, 1.54) is 0 Å². The fourth-order valence-electron chi connectivity index (χ4n) is 1.58. The van der Waals surface area contributed by atoms with Crippen LogP contribution >= 0.6 is 23.2 Å². The molecule has 0 heterocycles. The second-order valence-electron chi connectivity index (χ2n) is 3.91. The van der Waals surface area contributed by atoms with Crippen LogP contribution in [-0.2, 0) is 0 Å². The van der Waals surface area contributed by atoms with Gasteiger partial charge in [-0.05, 0) is 18.6 Å². The molecule has 1 aromatic rings. The van der Waals surface area contributed by atoms with E-state index in [0.29, 0.717) is 21.3 Å². The smallest absolute Gasteiger partial charge is 0.165 e. The van der Waals surface area contributed by atoms with Gasteiger partial charge in [-0.2, -0.15) is 0 Å². The molecule has 0 fully saturated rings. The van der Waals surface area contributed by atoms with E-state index in [0.717, 1.165) is 12.8 Å². The minimum atomic E-state index is -0.0132. The standard InChI is InChI=1S/C12H15Cl2NO/c1-3-4-7(2)12(16)8-5-9(13)11(15)10(14)6-8/h5-7H,3-4,15H2,1-2H3. The van der Waals surface area contributed by atoms with Gasteiger partial charge in [0.15, 0.2) is 5.78 Å². The summed E-state index contributed by atoms with van der Waals surface area (Å²) in [7, 11) is 0.